The Bertz CT molecular complexity index is 1200. The molecule has 1 aromatic heterocycles. The highest BCUT2D eigenvalue weighted by molar-refractivity contribution is 5.82. The van der Waals surface area contributed by atoms with Gasteiger partial charge in [-0.15, -0.1) is 5.10 Å². The third-order valence-corrected chi connectivity index (χ3v) is 6.39. The van der Waals surface area contributed by atoms with E-state index in [1.807, 2.05) is 24.5 Å². The Morgan fingerprint density at radius 2 is 1.76 bits per heavy atom. The van der Waals surface area contributed by atoms with Gasteiger partial charge < -0.3 is 15.4 Å². The lowest BCUT2D eigenvalue weighted by atomic mass is 9.98. The number of nitrogens with two attached hydrogens (primary N) is 2. The molecule has 0 unspecified atom stereocenters. The lowest BCUT2D eigenvalue weighted by molar-refractivity contribution is 0.207. The van der Waals surface area contributed by atoms with Crippen molar-refractivity contribution in [1.82, 2.24) is 15.1 Å². The smallest absolute Gasteiger partial charge is 0.225 e. The van der Waals surface area contributed by atoms with E-state index in [4.69, 9.17) is 16.3 Å². The fourth-order valence-electron chi connectivity index (χ4n) is 4.37. The first-order valence-electron chi connectivity index (χ1n) is 12.4. The van der Waals surface area contributed by atoms with Crippen LogP contribution in [-0.4, -0.2) is 47.7 Å². The van der Waals surface area contributed by atoms with Gasteiger partial charge in [-0.1, -0.05) is 31.2 Å². The second kappa shape index (κ2) is 12.0. The summed E-state index contributed by atoms with van der Waals surface area (Å²) in [6.45, 7) is 3.87. The van der Waals surface area contributed by atoms with Crippen molar-refractivity contribution in [2.45, 2.75) is 32.6 Å². The lowest BCUT2D eigenvalue weighted by Gasteiger charge is -2.31. The van der Waals surface area contributed by atoms with Crippen molar-refractivity contribution < 1.29 is 13.5 Å². The van der Waals surface area contributed by atoms with Crippen LogP contribution in [0.4, 0.5) is 14.7 Å². The molecule has 0 radical (unpaired) electrons. The number of benzene rings is 2. The maximum absolute atomic E-state index is 14.9. The van der Waals surface area contributed by atoms with E-state index in [1.165, 1.54) is 12.1 Å². The van der Waals surface area contributed by atoms with Crippen LogP contribution in [0, 0.1) is 17.6 Å². The van der Waals surface area contributed by atoms with Gasteiger partial charge in [0.05, 0.1) is 6.61 Å². The van der Waals surface area contributed by atoms with Gasteiger partial charge in [-0.05, 0) is 59.6 Å². The minimum absolute atomic E-state index is 0.195. The van der Waals surface area contributed by atoms with Crippen molar-refractivity contribution >= 4 is 11.8 Å². The highest BCUT2D eigenvalue weighted by atomic mass is 19.1. The van der Waals surface area contributed by atoms with Gasteiger partial charge in [-0.25, -0.2) is 29.7 Å². The fourth-order valence-corrected chi connectivity index (χ4v) is 4.37. The van der Waals surface area contributed by atoms with E-state index in [2.05, 4.69) is 26.9 Å². The molecule has 4 rings (SSSR count). The van der Waals surface area contributed by atoms with Crippen LogP contribution in [0.2, 0.25) is 0 Å². The Morgan fingerprint density at radius 1 is 1.08 bits per heavy atom. The van der Waals surface area contributed by atoms with Crippen LogP contribution in [0.15, 0.2) is 53.9 Å². The summed E-state index contributed by atoms with van der Waals surface area (Å²) in [5.41, 5.74) is 8.92. The fraction of sp³-hybridized carbons (Fsp3) is 0.370. The summed E-state index contributed by atoms with van der Waals surface area (Å²) in [6, 6.07) is 9.87. The van der Waals surface area contributed by atoms with Gasteiger partial charge in [0.2, 0.25) is 5.95 Å². The summed E-state index contributed by atoms with van der Waals surface area (Å²) in [5.74, 6) is 4.93. The van der Waals surface area contributed by atoms with E-state index >= 15 is 0 Å². The monoisotopic (exact) mass is 509 g/mol. The van der Waals surface area contributed by atoms with Crippen LogP contribution in [-0.2, 0) is 12.8 Å². The first-order chi connectivity index (χ1) is 17.8. The van der Waals surface area contributed by atoms with Crippen molar-refractivity contribution in [2.75, 3.05) is 31.6 Å². The van der Waals surface area contributed by atoms with E-state index in [0.717, 1.165) is 54.5 Å². The topological polar surface area (TPSA) is 106 Å². The van der Waals surface area contributed by atoms with Crippen LogP contribution in [0.5, 0.6) is 5.75 Å². The van der Waals surface area contributed by atoms with Crippen LogP contribution in [0.25, 0.3) is 11.1 Å². The van der Waals surface area contributed by atoms with Crippen molar-refractivity contribution in [3.63, 3.8) is 0 Å². The number of hydrazone groups is 1. The third kappa shape index (κ3) is 6.91. The molecule has 2 heterocycles. The molecule has 37 heavy (non-hydrogen) atoms. The molecule has 0 bridgehead atoms. The number of anilines is 1. The van der Waals surface area contributed by atoms with Gasteiger partial charge in [-0.3, -0.25) is 0 Å². The Kier molecular flexibility index (Phi) is 8.50. The Balaban J connectivity index is 1.36. The van der Waals surface area contributed by atoms with Crippen LogP contribution >= 0.6 is 0 Å². The molecule has 8 nitrogen and oxygen atoms in total. The van der Waals surface area contributed by atoms with Crippen molar-refractivity contribution in [1.29, 1.82) is 0 Å². The van der Waals surface area contributed by atoms with E-state index in [-0.39, 0.29) is 18.3 Å². The summed E-state index contributed by atoms with van der Waals surface area (Å²) in [4.78, 5) is 11.0. The van der Waals surface area contributed by atoms with Gasteiger partial charge in [-0.2, -0.15) is 0 Å². The predicted molar refractivity (Wildman–Crippen MR) is 141 cm³/mol. The number of amidine groups is 1. The van der Waals surface area contributed by atoms with Crippen molar-refractivity contribution in [2.24, 2.45) is 22.6 Å². The molecule has 0 saturated carbocycles. The largest absolute Gasteiger partial charge is 0.487 e. The molecule has 2 aromatic carbocycles. The van der Waals surface area contributed by atoms with Gasteiger partial charge in [0, 0.05) is 39.0 Å². The van der Waals surface area contributed by atoms with Crippen LogP contribution < -0.4 is 21.2 Å². The molecule has 10 heteroatoms. The number of hydrogen-bond acceptors (Lipinski definition) is 7. The number of nitrogens with zero attached hydrogens (tertiary/aromatic N) is 5. The number of rotatable bonds is 9. The Labute approximate surface area is 215 Å². The molecule has 1 saturated heterocycles. The summed E-state index contributed by atoms with van der Waals surface area (Å²) in [7, 11) is 1.57. The third-order valence-electron chi connectivity index (χ3n) is 6.39. The Morgan fingerprint density at radius 3 is 2.38 bits per heavy atom. The van der Waals surface area contributed by atoms with Gasteiger partial charge in [0.15, 0.2) is 17.4 Å². The van der Waals surface area contributed by atoms with Crippen LogP contribution in [0.3, 0.4) is 0 Å². The first kappa shape index (κ1) is 26.3. The number of halogens is 2. The minimum Gasteiger partial charge on any atom is -0.487 e. The van der Waals surface area contributed by atoms with Crippen molar-refractivity contribution in [3.8, 4) is 16.9 Å². The molecule has 3 aromatic rings. The predicted octanol–water partition coefficient (Wildman–Crippen LogP) is 3.90. The maximum Gasteiger partial charge on any atom is 0.225 e. The second-order valence-electron chi connectivity index (χ2n) is 9.30. The van der Waals surface area contributed by atoms with Gasteiger partial charge in [0.25, 0.3) is 0 Å². The van der Waals surface area contributed by atoms with E-state index in [9.17, 15) is 8.78 Å². The molecule has 196 valence electrons. The molecule has 0 aliphatic carbocycles. The normalized spacial score (nSPS) is 14.6. The zero-order valence-electron chi connectivity index (χ0n) is 21.2. The molecule has 0 spiro atoms. The number of aryl methyl sites for hydroxylation is 1. The average molecular weight is 510 g/mol. The van der Waals surface area contributed by atoms with E-state index < -0.39 is 11.6 Å². The zero-order valence-corrected chi connectivity index (χ0v) is 21.2. The summed E-state index contributed by atoms with van der Waals surface area (Å²) < 4.78 is 35.4. The molecule has 0 atom stereocenters. The molecule has 1 aliphatic rings. The maximum atomic E-state index is 14.9. The SMILES string of the molecule is CCc1cnc(N2CCC(COc3c(F)cc(-c4cccc(C/C(N)=N/N(C)N)c4)cc3F)CC2)nc1. The molecule has 1 aliphatic heterocycles. The number of hydrogen-bond donors (Lipinski definition) is 2. The highest BCUT2D eigenvalue weighted by Crippen LogP contribution is 2.31. The number of ether oxygens (including phenoxy) is 1. The first-order valence-corrected chi connectivity index (χ1v) is 12.4. The standard InChI is InChI=1S/C27H33F2N7O/c1-3-18-15-32-27(33-16-18)36-9-7-19(8-10-36)17-37-26-23(28)13-22(14-24(26)29)21-6-4-5-20(11-21)12-25(30)34-35(2)31/h4-6,11,13-16,19H,3,7-10,12,17,31H2,1-2H3,(H2,30,34). The summed E-state index contributed by atoms with van der Waals surface area (Å²) >= 11 is 0. The Hall–Kier alpha value is -3.79. The quantitative estimate of drug-likeness (QED) is 0.195. The van der Waals surface area contributed by atoms with E-state index in [1.54, 1.807) is 19.2 Å². The summed E-state index contributed by atoms with van der Waals surface area (Å²) in [6.07, 6.45) is 6.63. The highest BCUT2D eigenvalue weighted by Gasteiger charge is 2.23. The van der Waals surface area contributed by atoms with Crippen molar-refractivity contribution in [3.05, 3.63) is 71.6 Å². The average Bonchev–Trinajstić information content (AvgIpc) is 2.88. The van der Waals surface area contributed by atoms with E-state index in [0.29, 0.717) is 23.4 Å². The number of piperidine rings is 1. The molecule has 0 amide bonds. The van der Waals surface area contributed by atoms with Gasteiger partial charge in [0.1, 0.15) is 5.84 Å². The lowest BCUT2D eigenvalue weighted by Crippen LogP contribution is -2.36. The van der Waals surface area contributed by atoms with Crippen LogP contribution in [0.1, 0.15) is 30.9 Å². The number of aromatic nitrogens is 2. The number of hydrazine groups is 1. The molecule has 1 fully saturated rings. The molecular weight excluding hydrogens is 476 g/mol. The zero-order chi connectivity index (χ0) is 26.4. The minimum atomic E-state index is -0.729. The summed E-state index contributed by atoms with van der Waals surface area (Å²) in [5, 5.41) is 5.09. The second-order valence-corrected chi connectivity index (χ2v) is 9.30. The molecular formula is C27H33F2N7O. The molecule has 4 N–H and O–H groups in total. The van der Waals surface area contributed by atoms with Gasteiger partial charge >= 0.3 is 0 Å².